The van der Waals surface area contributed by atoms with Crippen LogP contribution in [0.1, 0.15) is 34.1 Å². The fraction of sp³-hybridized carbons (Fsp3) is 0.238. The van der Waals surface area contributed by atoms with E-state index in [1.165, 1.54) is 4.88 Å². The highest BCUT2D eigenvalue weighted by atomic mass is 32.1. The Morgan fingerprint density at radius 2 is 1.96 bits per heavy atom. The zero-order valence-corrected chi connectivity index (χ0v) is 16.6. The lowest BCUT2D eigenvalue weighted by atomic mass is 10.1. The number of carbonyl (C=O) groups excluding carboxylic acids is 1. The molecule has 2 aromatic carbocycles. The number of anilines is 2. The van der Waals surface area contributed by atoms with Crippen molar-refractivity contribution in [3.05, 3.63) is 58.5 Å². The molecule has 4 nitrogen and oxygen atoms in total. The Morgan fingerprint density at radius 3 is 2.81 bits per heavy atom. The summed E-state index contributed by atoms with van der Waals surface area (Å²) in [5.41, 5.74) is 2.71. The maximum Gasteiger partial charge on any atom is 0.341 e. The number of fused-ring (bicyclic) bond motifs is 2. The molecule has 1 heterocycles. The number of thiophene rings is 1. The topological polar surface area (TPSA) is 50.4 Å². The minimum absolute atomic E-state index is 0.271. The summed E-state index contributed by atoms with van der Waals surface area (Å²) in [5.74, 6) is -0.271. The van der Waals surface area contributed by atoms with Gasteiger partial charge in [-0.1, -0.05) is 36.4 Å². The van der Waals surface area contributed by atoms with Crippen LogP contribution >= 0.6 is 23.6 Å². The van der Waals surface area contributed by atoms with E-state index in [0.29, 0.717) is 17.3 Å². The summed E-state index contributed by atoms with van der Waals surface area (Å²) in [4.78, 5) is 13.7. The van der Waals surface area contributed by atoms with E-state index in [-0.39, 0.29) is 5.97 Å². The molecule has 1 aliphatic rings. The predicted octanol–water partition coefficient (Wildman–Crippen LogP) is 5.38. The van der Waals surface area contributed by atoms with Crippen LogP contribution in [-0.2, 0) is 17.6 Å². The SMILES string of the molecule is CCOC(=O)c1c(NC(=S)Nc2cccc3ccccc23)sc2c1CCC2. The van der Waals surface area contributed by atoms with E-state index in [4.69, 9.17) is 17.0 Å². The molecule has 3 aromatic rings. The highest BCUT2D eigenvalue weighted by Gasteiger charge is 2.27. The molecule has 6 heteroatoms. The molecule has 138 valence electrons. The van der Waals surface area contributed by atoms with E-state index < -0.39 is 0 Å². The van der Waals surface area contributed by atoms with Crippen LogP contribution in [0.15, 0.2) is 42.5 Å². The molecule has 0 atom stereocenters. The Hall–Kier alpha value is -2.44. The van der Waals surface area contributed by atoms with Gasteiger partial charge in [-0.05, 0) is 55.4 Å². The number of carbonyl (C=O) groups is 1. The number of thiocarbonyl (C=S) groups is 1. The zero-order chi connectivity index (χ0) is 18.8. The molecule has 1 aromatic heterocycles. The van der Waals surface area contributed by atoms with E-state index in [9.17, 15) is 4.79 Å². The lowest BCUT2D eigenvalue weighted by molar-refractivity contribution is 0.0527. The van der Waals surface area contributed by atoms with Gasteiger partial charge < -0.3 is 15.4 Å². The van der Waals surface area contributed by atoms with Crippen molar-refractivity contribution in [2.75, 3.05) is 17.2 Å². The summed E-state index contributed by atoms with van der Waals surface area (Å²) in [6, 6.07) is 14.2. The third-order valence-corrected chi connectivity index (χ3v) is 6.08. The molecule has 0 saturated heterocycles. The fourth-order valence-electron chi connectivity index (χ4n) is 3.50. The first-order valence-electron chi connectivity index (χ1n) is 9.04. The standard InChI is InChI=1S/C21H20N2O2S2/c1-2-25-20(24)18-15-10-6-12-17(15)27-19(18)23-21(26)22-16-11-5-8-13-7-3-4-9-14(13)16/h3-5,7-9,11H,2,6,10,12H2,1H3,(H2,22,23,26). The van der Waals surface area contributed by atoms with Gasteiger partial charge in [-0.25, -0.2) is 4.79 Å². The lowest BCUT2D eigenvalue weighted by Crippen LogP contribution is -2.20. The van der Waals surface area contributed by atoms with Gasteiger partial charge in [0.1, 0.15) is 5.00 Å². The van der Waals surface area contributed by atoms with Crippen molar-refractivity contribution >= 4 is 56.1 Å². The summed E-state index contributed by atoms with van der Waals surface area (Å²) in [6.45, 7) is 2.19. The fourth-order valence-corrected chi connectivity index (χ4v) is 5.06. The van der Waals surface area contributed by atoms with E-state index in [1.54, 1.807) is 11.3 Å². The third kappa shape index (κ3) is 3.55. The van der Waals surface area contributed by atoms with Crippen LogP contribution in [0.4, 0.5) is 10.7 Å². The molecule has 0 unspecified atom stereocenters. The molecule has 1 aliphatic carbocycles. The number of hydrogen-bond donors (Lipinski definition) is 2. The molecule has 4 rings (SSSR count). The Labute approximate surface area is 167 Å². The van der Waals surface area contributed by atoms with E-state index in [2.05, 4.69) is 28.8 Å². The molecule has 2 N–H and O–H groups in total. The Kier molecular flexibility index (Phi) is 5.09. The quantitative estimate of drug-likeness (QED) is 0.458. The smallest absolute Gasteiger partial charge is 0.341 e. The van der Waals surface area contributed by atoms with Gasteiger partial charge in [-0.15, -0.1) is 11.3 Å². The van der Waals surface area contributed by atoms with Crippen LogP contribution < -0.4 is 10.6 Å². The largest absolute Gasteiger partial charge is 0.462 e. The van der Waals surface area contributed by atoms with Crippen LogP contribution in [0.25, 0.3) is 10.8 Å². The number of nitrogens with one attached hydrogen (secondary N) is 2. The van der Waals surface area contributed by atoms with Gasteiger partial charge >= 0.3 is 5.97 Å². The van der Waals surface area contributed by atoms with Crippen LogP contribution in [-0.4, -0.2) is 17.7 Å². The van der Waals surface area contributed by atoms with Crippen LogP contribution in [0.3, 0.4) is 0 Å². The second kappa shape index (κ2) is 7.66. The Balaban J connectivity index is 1.59. The second-order valence-electron chi connectivity index (χ2n) is 6.39. The van der Waals surface area contributed by atoms with Crippen LogP contribution in [0.5, 0.6) is 0 Å². The zero-order valence-electron chi connectivity index (χ0n) is 15.0. The van der Waals surface area contributed by atoms with Gasteiger partial charge in [0, 0.05) is 16.0 Å². The summed E-state index contributed by atoms with van der Waals surface area (Å²) >= 11 is 7.14. The average molecular weight is 397 g/mol. The molecular formula is C21H20N2O2S2. The van der Waals surface area contributed by atoms with E-state index in [0.717, 1.165) is 46.3 Å². The maximum atomic E-state index is 12.5. The van der Waals surface area contributed by atoms with Crippen LogP contribution in [0, 0.1) is 0 Å². The van der Waals surface area contributed by atoms with Gasteiger partial charge in [0.2, 0.25) is 0 Å². The normalized spacial score (nSPS) is 12.6. The highest BCUT2D eigenvalue weighted by molar-refractivity contribution is 7.80. The van der Waals surface area contributed by atoms with Gasteiger partial charge in [-0.3, -0.25) is 0 Å². The summed E-state index contributed by atoms with van der Waals surface area (Å²) in [7, 11) is 0. The van der Waals surface area contributed by atoms with Gasteiger partial charge in [0.15, 0.2) is 5.11 Å². The number of esters is 1. The van der Waals surface area contributed by atoms with Crippen LogP contribution in [0.2, 0.25) is 0 Å². The first-order chi connectivity index (χ1) is 13.2. The molecule has 27 heavy (non-hydrogen) atoms. The molecule has 0 aliphatic heterocycles. The van der Waals surface area contributed by atoms with Crippen molar-refractivity contribution in [1.29, 1.82) is 0 Å². The monoisotopic (exact) mass is 396 g/mol. The molecule has 0 fully saturated rings. The Morgan fingerprint density at radius 1 is 1.15 bits per heavy atom. The van der Waals surface area contributed by atoms with Crippen molar-refractivity contribution in [2.45, 2.75) is 26.2 Å². The Bertz CT molecular complexity index is 1020. The molecule has 0 spiro atoms. The number of ether oxygens (including phenoxy) is 1. The molecule has 0 bridgehead atoms. The summed E-state index contributed by atoms with van der Waals surface area (Å²) < 4.78 is 5.27. The molecule has 0 radical (unpaired) electrons. The molecule has 0 saturated carbocycles. The van der Waals surface area contributed by atoms with Gasteiger partial charge in [0.05, 0.1) is 12.2 Å². The van der Waals surface area contributed by atoms with Crippen molar-refractivity contribution in [3.63, 3.8) is 0 Å². The number of benzene rings is 2. The van der Waals surface area contributed by atoms with Gasteiger partial charge in [0.25, 0.3) is 0 Å². The average Bonchev–Trinajstić information content (AvgIpc) is 3.22. The van der Waals surface area contributed by atoms with Crippen molar-refractivity contribution in [1.82, 2.24) is 0 Å². The number of rotatable bonds is 4. The van der Waals surface area contributed by atoms with E-state index in [1.807, 2.05) is 31.2 Å². The second-order valence-corrected chi connectivity index (χ2v) is 7.90. The van der Waals surface area contributed by atoms with Gasteiger partial charge in [-0.2, -0.15) is 0 Å². The van der Waals surface area contributed by atoms with Crippen molar-refractivity contribution in [2.24, 2.45) is 0 Å². The van der Waals surface area contributed by atoms with Crippen molar-refractivity contribution < 1.29 is 9.53 Å². The number of aryl methyl sites for hydroxylation is 1. The van der Waals surface area contributed by atoms with E-state index >= 15 is 0 Å². The first-order valence-corrected chi connectivity index (χ1v) is 10.3. The summed E-state index contributed by atoms with van der Waals surface area (Å²) in [6.07, 6.45) is 3.02. The number of hydrogen-bond acceptors (Lipinski definition) is 4. The summed E-state index contributed by atoms with van der Waals surface area (Å²) in [5, 5.41) is 9.99. The van der Waals surface area contributed by atoms with Crippen molar-refractivity contribution in [3.8, 4) is 0 Å². The highest BCUT2D eigenvalue weighted by Crippen LogP contribution is 2.39. The first kappa shape index (κ1) is 17.9. The minimum atomic E-state index is -0.271. The third-order valence-electron chi connectivity index (χ3n) is 4.67. The predicted molar refractivity (Wildman–Crippen MR) is 116 cm³/mol. The maximum absolute atomic E-state index is 12.5. The minimum Gasteiger partial charge on any atom is -0.462 e. The lowest BCUT2D eigenvalue weighted by Gasteiger charge is -2.13. The molecule has 0 amide bonds. The molecular weight excluding hydrogens is 376 g/mol.